The molecular weight excluding hydrogens is 258 g/mol. The highest BCUT2D eigenvalue weighted by atomic mass is 14.9. The summed E-state index contributed by atoms with van der Waals surface area (Å²) in [5, 5.41) is 2.97. The van der Waals surface area contributed by atoms with E-state index in [0.29, 0.717) is 0 Å². The third-order valence-electron chi connectivity index (χ3n) is 2.28. The fourth-order valence-corrected chi connectivity index (χ4v) is 1.31. The molecule has 0 unspecified atom stereocenters. The number of nitrogens with zero attached hydrogens (tertiary/aromatic N) is 1. The minimum Gasteiger partial charge on any atom is -0.399 e. The van der Waals surface area contributed by atoms with Crippen LogP contribution in [0.1, 0.15) is 19.4 Å². The minimum atomic E-state index is 0.829. The molecule has 0 radical (unpaired) electrons. The largest absolute Gasteiger partial charge is 0.399 e. The number of anilines is 1. The van der Waals surface area contributed by atoms with Gasteiger partial charge in [-0.3, -0.25) is 4.99 Å². The van der Waals surface area contributed by atoms with Gasteiger partial charge in [-0.15, -0.1) is 12.3 Å². The smallest absolute Gasteiger partial charge is 0.123 e. The number of rotatable bonds is 2. The van der Waals surface area contributed by atoms with Gasteiger partial charge in [0.1, 0.15) is 5.84 Å². The van der Waals surface area contributed by atoms with Gasteiger partial charge in [0.2, 0.25) is 0 Å². The average Bonchev–Trinajstić information content (AvgIpc) is 2.45. The van der Waals surface area contributed by atoms with E-state index in [2.05, 4.69) is 29.2 Å². The molecule has 114 valence electrons. The van der Waals surface area contributed by atoms with Crippen molar-refractivity contribution in [3.05, 3.63) is 54.1 Å². The van der Waals surface area contributed by atoms with Crippen LogP contribution < -0.4 is 11.1 Å². The number of terminal acetylenes is 1. The second kappa shape index (κ2) is 14.0. The van der Waals surface area contributed by atoms with E-state index < -0.39 is 0 Å². The summed E-state index contributed by atoms with van der Waals surface area (Å²) in [5.41, 5.74) is 8.60. The number of nitrogen functional groups attached to an aromatic ring is 1. The first-order valence-corrected chi connectivity index (χ1v) is 6.60. The van der Waals surface area contributed by atoms with E-state index in [1.165, 1.54) is 5.56 Å². The SMILES string of the molecule is C#CC.C=C/C=C(/C)C(=NC)NC.Cc1ccc(N)cc1. The van der Waals surface area contributed by atoms with Crippen LogP contribution in [-0.4, -0.2) is 19.9 Å². The maximum Gasteiger partial charge on any atom is 0.123 e. The van der Waals surface area contributed by atoms with E-state index >= 15 is 0 Å². The number of nitrogens with two attached hydrogens (primary N) is 1. The molecule has 0 saturated carbocycles. The van der Waals surface area contributed by atoms with Gasteiger partial charge in [0, 0.05) is 19.8 Å². The van der Waals surface area contributed by atoms with E-state index in [1.54, 1.807) is 20.0 Å². The van der Waals surface area contributed by atoms with Crippen LogP contribution >= 0.6 is 0 Å². The zero-order chi connectivity index (χ0) is 16.7. The van der Waals surface area contributed by atoms with E-state index in [1.807, 2.05) is 51.2 Å². The fourth-order valence-electron chi connectivity index (χ4n) is 1.31. The number of likely N-dealkylation sites (N-methyl/N-ethyl adjacent to an activating group) is 1. The Morgan fingerprint density at radius 2 is 1.86 bits per heavy atom. The lowest BCUT2D eigenvalue weighted by molar-refractivity contribution is 1.14. The summed E-state index contributed by atoms with van der Waals surface area (Å²) in [5.74, 6) is 3.15. The number of allylic oxidation sites excluding steroid dienone is 2. The number of hydrogen-bond acceptors (Lipinski definition) is 2. The monoisotopic (exact) mass is 285 g/mol. The van der Waals surface area contributed by atoms with Crippen LogP contribution in [0.4, 0.5) is 5.69 Å². The summed E-state index contributed by atoms with van der Waals surface area (Å²) < 4.78 is 0. The number of aryl methyl sites for hydroxylation is 1. The number of hydrogen-bond donors (Lipinski definition) is 2. The lowest BCUT2D eigenvalue weighted by Crippen LogP contribution is -2.18. The van der Waals surface area contributed by atoms with Gasteiger partial charge in [0.05, 0.1) is 0 Å². The Labute approximate surface area is 129 Å². The molecule has 21 heavy (non-hydrogen) atoms. The summed E-state index contributed by atoms with van der Waals surface area (Å²) in [6, 6.07) is 7.79. The van der Waals surface area contributed by atoms with E-state index in [0.717, 1.165) is 17.1 Å². The second-order valence-corrected chi connectivity index (χ2v) is 4.11. The third-order valence-corrected chi connectivity index (χ3v) is 2.28. The average molecular weight is 285 g/mol. The molecule has 0 aliphatic carbocycles. The van der Waals surface area contributed by atoms with Crippen LogP contribution in [0.5, 0.6) is 0 Å². The lowest BCUT2D eigenvalue weighted by Gasteiger charge is -2.02. The molecule has 0 amide bonds. The van der Waals surface area contributed by atoms with Crippen LogP contribution in [0.25, 0.3) is 0 Å². The summed E-state index contributed by atoms with van der Waals surface area (Å²) in [6.45, 7) is 9.27. The highest BCUT2D eigenvalue weighted by Crippen LogP contribution is 2.02. The predicted molar refractivity (Wildman–Crippen MR) is 96.5 cm³/mol. The van der Waals surface area contributed by atoms with E-state index in [9.17, 15) is 0 Å². The Balaban J connectivity index is 0. The van der Waals surface area contributed by atoms with Gasteiger partial charge >= 0.3 is 0 Å². The van der Waals surface area contributed by atoms with Crippen molar-refractivity contribution in [3.63, 3.8) is 0 Å². The topological polar surface area (TPSA) is 50.4 Å². The molecule has 1 aromatic carbocycles. The van der Waals surface area contributed by atoms with Gasteiger partial charge in [-0.25, -0.2) is 0 Å². The van der Waals surface area contributed by atoms with Gasteiger partial charge in [0.25, 0.3) is 0 Å². The Morgan fingerprint density at radius 3 is 2.14 bits per heavy atom. The second-order valence-electron chi connectivity index (χ2n) is 4.11. The fraction of sp³-hybridized carbons (Fsp3) is 0.278. The van der Waals surface area contributed by atoms with Crippen LogP contribution in [-0.2, 0) is 0 Å². The molecule has 0 saturated heterocycles. The van der Waals surface area contributed by atoms with Crippen molar-refractivity contribution in [1.82, 2.24) is 5.32 Å². The zero-order valence-electron chi connectivity index (χ0n) is 13.8. The van der Waals surface area contributed by atoms with Crippen molar-refractivity contribution >= 4 is 11.5 Å². The van der Waals surface area contributed by atoms with Crippen molar-refractivity contribution in [2.24, 2.45) is 4.99 Å². The Kier molecular flexibility index (Phi) is 13.8. The predicted octanol–water partition coefficient (Wildman–Crippen LogP) is 3.58. The van der Waals surface area contributed by atoms with Gasteiger partial charge in [-0.1, -0.05) is 36.4 Å². The molecule has 0 atom stereocenters. The number of aliphatic imine (C=N–C) groups is 1. The lowest BCUT2D eigenvalue weighted by atomic mass is 10.2. The minimum absolute atomic E-state index is 0.829. The molecule has 0 fully saturated rings. The molecule has 0 spiro atoms. The third kappa shape index (κ3) is 12.3. The highest BCUT2D eigenvalue weighted by Gasteiger charge is 1.93. The molecule has 3 heteroatoms. The van der Waals surface area contributed by atoms with Crippen molar-refractivity contribution in [2.45, 2.75) is 20.8 Å². The normalized spacial score (nSPS) is 10.1. The van der Waals surface area contributed by atoms with Crippen molar-refractivity contribution in [2.75, 3.05) is 19.8 Å². The molecule has 0 aromatic heterocycles. The standard InChI is InChI=1S/C8H14N2.C7H9N.C3H4/c1-5-6-7(2)8(9-3)10-4;1-6-2-4-7(8)5-3-6;1-3-2/h5-6H,1H2,2-4H3,(H,9,10);2-5H,8H2,1H3;1H,2H3/b7-6-;;. The van der Waals surface area contributed by atoms with Crippen LogP contribution in [0.3, 0.4) is 0 Å². The van der Waals surface area contributed by atoms with Crippen molar-refractivity contribution < 1.29 is 0 Å². The molecular formula is C18H27N3. The first-order valence-electron chi connectivity index (χ1n) is 6.60. The Bertz CT molecular complexity index is 467. The Hall–Kier alpha value is -2.47. The van der Waals surface area contributed by atoms with Gasteiger partial charge in [-0.05, 0) is 38.5 Å². The van der Waals surface area contributed by atoms with Crippen molar-refractivity contribution in [3.8, 4) is 12.3 Å². The van der Waals surface area contributed by atoms with Crippen LogP contribution in [0.15, 0.2) is 53.6 Å². The summed E-state index contributed by atoms with van der Waals surface area (Å²) in [4.78, 5) is 4.01. The first-order chi connectivity index (χ1) is 9.96. The summed E-state index contributed by atoms with van der Waals surface area (Å²) in [6.07, 6.45) is 8.26. The van der Waals surface area contributed by atoms with Crippen molar-refractivity contribution in [1.29, 1.82) is 0 Å². The zero-order valence-corrected chi connectivity index (χ0v) is 13.8. The molecule has 0 bridgehead atoms. The maximum atomic E-state index is 5.43. The molecule has 0 aliphatic rings. The quantitative estimate of drug-likeness (QED) is 0.287. The molecule has 0 heterocycles. The molecule has 3 N–H and O–H groups in total. The number of amidine groups is 1. The number of nitrogens with one attached hydrogen (secondary N) is 1. The van der Waals surface area contributed by atoms with Crippen LogP contribution in [0.2, 0.25) is 0 Å². The van der Waals surface area contributed by atoms with Gasteiger partial charge < -0.3 is 11.1 Å². The Morgan fingerprint density at radius 1 is 1.38 bits per heavy atom. The van der Waals surface area contributed by atoms with Gasteiger partial charge in [0.15, 0.2) is 0 Å². The maximum absolute atomic E-state index is 5.43. The van der Waals surface area contributed by atoms with Gasteiger partial charge in [-0.2, -0.15) is 0 Å². The highest BCUT2D eigenvalue weighted by molar-refractivity contribution is 5.97. The number of benzene rings is 1. The molecule has 0 aliphatic heterocycles. The molecule has 3 nitrogen and oxygen atoms in total. The molecule has 1 aromatic rings. The van der Waals surface area contributed by atoms with E-state index in [4.69, 9.17) is 5.73 Å². The first kappa shape index (κ1) is 20.8. The van der Waals surface area contributed by atoms with Crippen LogP contribution in [0, 0.1) is 19.3 Å². The summed E-state index contributed by atoms with van der Waals surface area (Å²) in [7, 11) is 3.61. The summed E-state index contributed by atoms with van der Waals surface area (Å²) >= 11 is 0. The molecule has 1 rings (SSSR count). The van der Waals surface area contributed by atoms with E-state index in [-0.39, 0.29) is 0 Å².